The molecule has 9 nitrogen and oxygen atoms in total. The Labute approximate surface area is 233 Å². The molecule has 3 atom stereocenters. The van der Waals surface area contributed by atoms with Gasteiger partial charge >= 0.3 is 0 Å². The molecule has 0 spiro atoms. The third-order valence-electron chi connectivity index (χ3n) is 8.21. The zero-order valence-electron chi connectivity index (χ0n) is 21.3. The lowest BCUT2D eigenvalue weighted by Gasteiger charge is -2.26. The zero-order valence-corrected chi connectivity index (χ0v) is 22.1. The first-order valence-electron chi connectivity index (χ1n) is 12.8. The van der Waals surface area contributed by atoms with Crippen LogP contribution in [0.2, 0.25) is 5.02 Å². The summed E-state index contributed by atoms with van der Waals surface area (Å²) in [5.41, 5.74) is 0.0703. The van der Waals surface area contributed by atoms with Crippen molar-refractivity contribution in [3.63, 3.8) is 0 Å². The maximum atomic E-state index is 11.6. The van der Waals surface area contributed by atoms with Crippen LogP contribution in [0.1, 0.15) is 36.5 Å². The molecule has 2 aliphatic rings. The topological polar surface area (TPSA) is 134 Å². The first kappa shape index (κ1) is 24.7. The van der Waals surface area contributed by atoms with Crippen molar-refractivity contribution in [2.75, 3.05) is 6.61 Å². The lowest BCUT2D eigenvalue weighted by Crippen LogP contribution is -2.33. The minimum atomic E-state index is -1.23. The van der Waals surface area contributed by atoms with Gasteiger partial charge in [-0.15, -0.1) is 0 Å². The van der Waals surface area contributed by atoms with Crippen LogP contribution in [-0.2, 0) is 15.9 Å². The van der Waals surface area contributed by atoms with E-state index in [1.54, 1.807) is 37.3 Å². The van der Waals surface area contributed by atoms with E-state index in [1.165, 1.54) is 10.9 Å². The molecule has 7 rings (SSSR count). The fourth-order valence-electron chi connectivity index (χ4n) is 6.36. The molecule has 3 aromatic carbocycles. The van der Waals surface area contributed by atoms with Crippen LogP contribution in [0.3, 0.4) is 0 Å². The Morgan fingerprint density at radius 3 is 2.65 bits per heavy atom. The van der Waals surface area contributed by atoms with Gasteiger partial charge in [-0.05, 0) is 37.3 Å². The quantitative estimate of drug-likeness (QED) is 0.270. The molecule has 0 aliphatic carbocycles. The number of hydrogen-bond donors (Lipinski definition) is 3. The van der Waals surface area contributed by atoms with Crippen LogP contribution < -0.4 is 4.74 Å². The molecule has 5 aromatic rings. The highest BCUT2D eigenvalue weighted by molar-refractivity contribution is 6.31. The third kappa shape index (κ3) is 3.27. The molecule has 10 heteroatoms. The van der Waals surface area contributed by atoms with Crippen LogP contribution >= 0.6 is 11.6 Å². The summed E-state index contributed by atoms with van der Waals surface area (Å²) in [5, 5.41) is 46.5. The minimum absolute atomic E-state index is 0.155. The largest absolute Gasteiger partial charge is 0.494 e. The Hall–Kier alpha value is -4.36. The molecule has 40 heavy (non-hydrogen) atoms. The van der Waals surface area contributed by atoms with E-state index in [9.17, 15) is 20.6 Å². The third-order valence-corrected chi connectivity index (χ3v) is 8.44. The number of nitriles is 1. The van der Waals surface area contributed by atoms with Crippen LogP contribution in [0, 0.1) is 11.3 Å². The second-order valence-corrected chi connectivity index (χ2v) is 10.8. The summed E-state index contributed by atoms with van der Waals surface area (Å²) in [6, 6.07) is 18.1. The van der Waals surface area contributed by atoms with Crippen molar-refractivity contribution in [3.8, 4) is 29.4 Å². The second-order valence-electron chi connectivity index (χ2n) is 10.4. The summed E-state index contributed by atoms with van der Waals surface area (Å²) in [6.07, 6.45) is 0.974. The van der Waals surface area contributed by atoms with Gasteiger partial charge in [0.05, 0.1) is 52.1 Å². The predicted molar refractivity (Wildman–Crippen MR) is 147 cm³/mol. The number of fused-ring (bicyclic) bond motifs is 7. The molecule has 0 saturated carbocycles. The number of hydrogen-bond acceptors (Lipinski definition) is 8. The molecular weight excluding hydrogens is 532 g/mol. The van der Waals surface area contributed by atoms with E-state index in [0.717, 1.165) is 0 Å². The molecule has 0 amide bonds. The molecule has 1 saturated heterocycles. The molecule has 3 N–H and O–H groups in total. The van der Waals surface area contributed by atoms with Crippen LogP contribution in [0.15, 0.2) is 60.9 Å². The molecular formula is C30H23ClN4O5. The van der Waals surface area contributed by atoms with Crippen molar-refractivity contribution >= 4 is 33.3 Å². The fourth-order valence-corrected chi connectivity index (χ4v) is 6.52. The summed E-state index contributed by atoms with van der Waals surface area (Å²) >= 11 is 6.10. The van der Waals surface area contributed by atoms with Crippen molar-refractivity contribution in [3.05, 3.63) is 82.6 Å². The van der Waals surface area contributed by atoms with Crippen LogP contribution in [0.25, 0.3) is 27.4 Å². The number of nitrogens with zero attached hydrogens (tertiary/aromatic N) is 4. The number of aromatic nitrogens is 3. The van der Waals surface area contributed by atoms with Crippen molar-refractivity contribution in [2.45, 2.75) is 37.1 Å². The number of ether oxygens (including phenoxy) is 2. The molecule has 2 aromatic heterocycles. The smallest absolute Gasteiger partial charge is 0.224 e. The highest BCUT2D eigenvalue weighted by Gasteiger charge is 2.66. The van der Waals surface area contributed by atoms with Gasteiger partial charge < -0.3 is 24.8 Å². The Morgan fingerprint density at radius 2 is 1.85 bits per heavy atom. The number of aliphatic hydroxyl groups excluding tert-OH is 1. The minimum Gasteiger partial charge on any atom is -0.494 e. The standard InChI is InChI=1S/C30H23ClN4O5/c1-29-23(36)13-30(40-29,10-11-39-26-20-8-7-17(31)12-21(20)33-15-34-26)25-24(29)27(37)35(28(25)38)22-9-6-16(14-32)18-4-2-3-5-19(18)22/h2-9,12,15,23,36-38H,10-11,13H2,1H3/t23-,29-,30+/m0/s1. The van der Waals surface area contributed by atoms with Gasteiger partial charge in [-0.25, -0.2) is 9.97 Å². The molecule has 2 aliphatic heterocycles. The summed E-state index contributed by atoms with van der Waals surface area (Å²) in [6.45, 7) is 1.87. The van der Waals surface area contributed by atoms with Gasteiger partial charge in [-0.2, -0.15) is 5.26 Å². The number of aliphatic hydroxyl groups is 1. The Bertz CT molecular complexity index is 1900. The van der Waals surface area contributed by atoms with Gasteiger partial charge in [0, 0.05) is 28.6 Å². The van der Waals surface area contributed by atoms with Gasteiger partial charge in [0.2, 0.25) is 17.6 Å². The molecule has 2 bridgehead atoms. The maximum absolute atomic E-state index is 11.6. The first-order valence-corrected chi connectivity index (χ1v) is 13.2. The maximum Gasteiger partial charge on any atom is 0.224 e. The van der Waals surface area contributed by atoms with E-state index in [1.807, 2.05) is 24.3 Å². The van der Waals surface area contributed by atoms with Crippen LogP contribution in [0.5, 0.6) is 17.6 Å². The van der Waals surface area contributed by atoms with Crippen molar-refractivity contribution in [1.29, 1.82) is 5.26 Å². The zero-order chi connectivity index (χ0) is 27.8. The predicted octanol–water partition coefficient (Wildman–Crippen LogP) is 5.18. The molecule has 4 heterocycles. The van der Waals surface area contributed by atoms with Gasteiger partial charge in [0.25, 0.3) is 0 Å². The van der Waals surface area contributed by atoms with E-state index >= 15 is 0 Å². The highest BCUT2D eigenvalue weighted by atomic mass is 35.5. The SMILES string of the molecule is C[C@]12O[C@](CCOc3ncnc4cc(Cl)ccc34)(C[C@@H]1O)c1c2c(O)n(-c2ccc(C#N)c3ccccc23)c1O. The second kappa shape index (κ2) is 8.57. The Balaban J connectivity index is 1.30. The lowest BCUT2D eigenvalue weighted by molar-refractivity contribution is -0.107. The van der Waals surface area contributed by atoms with Gasteiger partial charge in [0.15, 0.2) is 0 Å². The first-order chi connectivity index (χ1) is 19.3. The monoisotopic (exact) mass is 554 g/mol. The van der Waals surface area contributed by atoms with Crippen LogP contribution in [-0.4, -0.2) is 42.6 Å². The Morgan fingerprint density at radius 1 is 1.07 bits per heavy atom. The highest BCUT2D eigenvalue weighted by Crippen LogP contribution is 2.65. The average molecular weight is 555 g/mol. The summed E-state index contributed by atoms with van der Waals surface area (Å²) in [4.78, 5) is 8.51. The number of benzene rings is 3. The van der Waals surface area contributed by atoms with Gasteiger partial charge in [0.1, 0.15) is 17.5 Å². The molecule has 1 fully saturated rings. The van der Waals surface area contributed by atoms with Gasteiger partial charge in [-0.3, -0.25) is 4.57 Å². The van der Waals surface area contributed by atoms with E-state index in [2.05, 4.69) is 16.0 Å². The van der Waals surface area contributed by atoms with Gasteiger partial charge in [-0.1, -0.05) is 35.9 Å². The number of halogens is 1. The number of aromatic hydroxyl groups is 2. The molecule has 0 radical (unpaired) electrons. The van der Waals surface area contributed by atoms with Crippen molar-refractivity contribution in [1.82, 2.24) is 14.5 Å². The van der Waals surface area contributed by atoms with Crippen LogP contribution in [0.4, 0.5) is 0 Å². The molecule has 200 valence electrons. The van der Waals surface area contributed by atoms with Crippen molar-refractivity contribution < 1.29 is 24.8 Å². The van der Waals surface area contributed by atoms with E-state index in [-0.39, 0.29) is 31.2 Å². The lowest BCUT2D eigenvalue weighted by atomic mass is 9.76. The normalized spacial score (nSPS) is 23.0. The molecule has 0 unspecified atom stereocenters. The number of rotatable bonds is 5. The van der Waals surface area contributed by atoms with E-state index < -0.39 is 17.3 Å². The average Bonchev–Trinajstić information content (AvgIpc) is 3.48. The van der Waals surface area contributed by atoms with E-state index in [4.69, 9.17) is 21.1 Å². The summed E-state index contributed by atoms with van der Waals surface area (Å²) in [5.74, 6) is -0.0172. The Kier molecular flexibility index (Phi) is 5.28. The summed E-state index contributed by atoms with van der Waals surface area (Å²) < 4.78 is 13.9. The van der Waals surface area contributed by atoms with Crippen molar-refractivity contribution in [2.24, 2.45) is 0 Å². The van der Waals surface area contributed by atoms with E-state index in [0.29, 0.717) is 55.0 Å². The fraction of sp³-hybridized carbons (Fsp3) is 0.233. The summed E-state index contributed by atoms with van der Waals surface area (Å²) in [7, 11) is 0.